The van der Waals surface area contributed by atoms with Gasteiger partial charge in [0, 0.05) is 27.5 Å². The summed E-state index contributed by atoms with van der Waals surface area (Å²) in [6.07, 6.45) is -30.2. The van der Waals surface area contributed by atoms with Gasteiger partial charge in [-0.2, -0.15) is 71.1 Å². The van der Waals surface area contributed by atoms with Gasteiger partial charge in [-0.3, -0.25) is 4.98 Å². The third kappa shape index (κ3) is 34.6. The van der Waals surface area contributed by atoms with Crippen molar-refractivity contribution in [2.24, 2.45) is 0 Å². The number of rotatable bonds is 9. The summed E-state index contributed by atoms with van der Waals surface area (Å²) in [6.45, 7) is 25.8. The normalized spacial score (nSPS) is 12.0. The number of hydrogen-bond acceptors (Lipinski definition) is 4. The Balaban J connectivity index is 0.000000575. The largest absolute Gasteiger partial charge is 0.573 e. The van der Waals surface area contributed by atoms with Crippen molar-refractivity contribution in [1.29, 1.82) is 5.26 Å². The summed E-state index contributed by atoms with van der Waals surface area (Å²) >= 11 is 17.3. The zero-order valence-corrected chi connectivity index (χ0v) is 57.4. The van der Waals surface area contributed by atoms with Gasteiger partial charge in [-0.15, -0.1) is 26.3 Å². The van der Waals surface area contributed by atoms with Crippen molar-refractivity contribution in [1.82, 2.24) is 4.98 Å². The molecule has 0 saturated heterocycles. The van der Waals surface area contributed by atoms with Gasteiger partial charge in [0.1, 0.15) is 11.5 Å². The molecule has 0 aliphatic carbocycles. The monoisotopic (exact) mass is 1480 g/mol. The van der Waals surface area contributed by atoms with Crippen LogP contribution in [0.2, 0.25) is 15.1 Å². The fourth-order valence-corrected chi connectivity index (χ4v) is 8.39. The number of benzene rings is 6. The fourth-order valence-electron chi connectivity index (χ4n) is 7.61. The first kappa shape index (κ1) is 89.0. The van der Waals surface area contributed by atoms with Crippen LogP contribution in [0.5, 0.6) is 11.5 Å². The minimum Gasteiger partial charge on any atom is -0.406 e. The van der Waals surface area contributed by atoms with E-state index in [2.05, 4.69) is 48.2 Å². The van der Waals surface area contributed by atoms with E-state index in [0.29, 0.717) is 39.1 Å². The van der Waals surface area contributed by atoms with Gasteiger partial charge in [0.15, 0.2) is 0 Å². The molecular formula is C70H72Cl3F21N2O2. The maximum absolute atomic E-state index is 12.5. The molecule has 0 atom stereocenters. The number of alkyl halides is 21. The lowest BCUT2D eigenvalue weighted by Crippen LogP contribution is -2.18. The Hall–Kier alpha value is -7.04. The Kier molecular flexibility index (Phi) is 34.5. The van der Waals surface area contributed by atoms with Crippen LogP contribution in [0.1, 0.15) is 211 Å². The summed E-state index contributed by atoms with van der Waals surface area (Å²) in [5.74, 6) is -0.619. The van der Waals surface area contributed by atoms with Crippen LogP contribution in [-0.2, 0) is 30.9 Å². The zero-order chi connectivity index (χ0) is 76.0. The second kappa shape index (κ2) is 38.0. The second-order valence-corrected chi connectivity index (χ2v) is 24.9. The van der Waals surface area contributed by atoms with Gasteiger partial charge >= 0.3 is 43.6 Å². The lowest BCUT2D eigenvalue weighted by atomic mass is 9.97. The molecule has 0 spiro atoms. The number of ether oxygens (including phenoxy) is 2. The Morgan fingerprint density at radius 3 is 0.959 bits per heavy atom. The predicted octanol–water partition coefficient (Wildman–Crippen LogP) is 27.8. The van der Waals surface area contributed by atoms with Gasteiger partial charge in [-0.05, 0) is 177 Å². The second-order valence-electron chi connectivity index (χ2n) is 23.6. The van der Waals surface area contributed by atoms with Crippen LogP contribution in [0.15, 0.2) is 140 Å². The molecule has 0 bridgehead atoms. The maximum Gasteiger partial charge on any atom is 0.573 e. The molecule has 4 nitrogen and oxygen atoms in total. The van der Waals surface area contributed by atoms with E-state index in [1.807, 2.05) is 77.9 Å². The summed E-state index contributed by atoms with van der Waals surface area (Å²) < 4.78 is 265. The number of pyridine rings is 1. The van der Waals surface area contributed by atoms with Crippen LogP contribution >= 0.6 is 34.8 Å². The molecule has 1 heterocycles. The van der Waals surface area contributed by atoms with Crippen LogP contribution in [0.4, 0.5) is 92.2 Å². The van der Waals surface area contributed by atoms with Gasteiger partial charge in [-0.1, -0.05) is 162 Å². The first-order valence-corrected chi connectivity index (χ1v) is 30.6. The van der Waals surface area contributed by atoms with E-state index in [4.69, 9.17) is 40.1 Å². The maximum atomic E-state index is 12.5. The highest BCUT2D eigenvalue weighted by Crippen LogP contribution is 2.40. The van der Waals surface area contributed by atoms with Gasteiger partial charge in [0.05, 0.1) is 39.4 Å². The molecule has 0 fully saturated rings. The van der Waals surface area contributed by atoms with E-state index in [0.717, 1.165) is 59.8 Å². The van der Waals surface area contributed by atoms with Crippen LogP contribution in [0, 0.1) is 11.3 Å². The number of nitrogens with zero attached hydrogens (tertiary/aromatic N) is 2. The van der Waals surface area contributed by atoms with Crippen LogP contribution in [-0.4, -0.2) is 17.7 Å². The van der Waals surface area contributed by atoms with Crippen molar-refractivity contribution in [2.45, 2.75) is 182 Å². The molecule has 98 heavy (non-hydrogen) atoms. The highest BCUT2D eigenvalue weighted by Gasteiger charge is 2.39. The molecule has 6 aromatic carbocycles. The minimum absolute atomic E-state index is 0.0205. The number of halogens is 24. The quantitative estimate of drug-likeness (QED) is 0.135. The number of hydrogen-bond donors (Lipinski definition) is 0. The molecule has 0 aliphatic rings. The lowest BCUT2D eigenvalue weighted by molar-refractivity contribution is -0.275. The highest BCUT2D eigenvalue weighted by atomic mass is 35.5. The van der Waals surface area contributed by atoms with Gasteiger partial charge in [0.2, 0.25) is 0 Å². The van der Waals surface area contributed by atoms with E-state index in [1.54, 1.807) is 32.0 Å². The molecule has 542 valence electrons. The van der Waals surface area contributed by atoms with Crippen molar-refractivity contribution in [3.05, 3.63) is 227 Å². The predicted molar refractivity (Wildman–Crippen MR) is 340 cm³/mol. The Morgan fingerprint density at radius 2 is 0.602 bits per heavy atom. The molecule has 7 rings (SSSR count). The van der Waals surface area contributed by atoms with Crippen LogP contribution in [0.3, 0.4) is 0 Å². The lowest BCUT2D eigenvalue weighted by Gasteiger charge is -2.15. The molecule has 0 radical (unpaired) electrons. The average Bonchev–Trinajstić information content (AvgIpc) is 0.829. The Bertz CT molecular complexity index is 3500. The molecular weight excluding hydrogens is 1410 g/mol. The SMILES string of the molecule is CC(C)c1cc(C(F)(F)F)cc(C(F)(F)F)c1.CC(C)c1cc(Cl)cc(Cl)c1.CC(C)c1cc(Cl)cc(OC(F)(F)F)c1.CC(C)c1cc(OC(F)(F)F)cc(C(F)(F)F)c1.CC(C)c1cccc(C#N)c1.CC(C)c1cccc(C(F)(F)F)c1.CC(C)c1cncc(C(F)(F)F)c1. The topological polar surface area (TPSA) is 55.1 Å². The molecule has 0 amide bonds. The van der Waals surface area contributed by atoms with Crippen molar-refractivity contribution in [3.8, 4) is 17.6 Å². The Morgan fingerprint density at radius 1 is 0.306 bits per heavy atom. The van der Waals surface area contributed by atoms with Crippen molar-refractivity contribution in [2.75, 3.05) is 0 Å². The first-order chi connectivity index (χ1) is 44.4. The summed E-state index contributed by atoms with van der Waals surface area (Å²) in [7, 11) is 0. The average molecular weight is 1480 g/mol. The fraction of sp³-hybridized carbons (Fsp3) is 0.400. The Labute approximate surface area is 571 Å². The molecule has 0 unspecified atom stereocenters. The van der Waals surface area contributed by atoms with E-state index < -0.39 is 83.1 Å². The standard InChI is InChI=1S/C11H10F6O.C11H10F6.C10H10ClF3O.C10H11F3.C10H11N.C9H10Cl2.C9H10F3N/c1-6(2)7-3-8(10(12,13)14)5-9(4-7)18-11(15,16)17;1-6(2)7-3-8(10(12,13)14)5-9(4-7)11(15,16)17;1-6(2)7-3-8(11)5-9(4-7)15-10(12,13)14;1-7(2)8-4-3-5-9(6-8)10(11,12)13;1-8(2)10-5-3-4-9(6-10)7-11;1-6(2)7-3-8(10)5-9(11)4-7;1-6(2)7-3-8(5-13-4-7)9(10,11)12/h3-6H,1-2H3;3-6H,1-2H3;3-6H,1-2H3;3-7H,1-2H3;3-6,8H,1-2H3;3-6H,1-2H3;3-6H,1-2H3. The first-order valence-electron chi connectivity index (χ1n) is 29.4. The van der Waals surface area contributed by atoms with Gasteiger partial charge in [0.25, 0.3) is 0 Å². The summed E-state index contributed by atoms with van der Waals surface area (Å²) in [4.78, 5) is 3.55. The van der Waals surface area contributed by atoms with Crippen LogP contribution < -0.4 is 9.47 Å². The molecule has 0 saturated carbocycles. The summed E-state index contributed by atoms with van der Waals surface area (Å²) in [5.41, 5.74) is 0.391. The van der Waals surface area contributed by atoms with E-state index in [1.165, 1.54) is 49.4 Å². The van der Waals surface area contributed by atoms with Crippen molar-refractivity contribution < 1.29 is 102 Å². The number of aromatic nitrogens is 1. The van der Waals surface area contributed by atoms with Gasteiger partial charge in [-0.25, -0.2) is 0 Å². The minimum atomic E-state index is -5.02. The molecule has 0 N–H and O–H groups in total. The number of nitriles is 1. The highest BCUT2D eigenvalue weighted by molar-refractivity contribution is 6.34. The third-order valence-electron chi connectivity index (χ3n) is 13.1. The van der Waals surface area contributed by atoms with Crippen LogP contribution in [0.25, 0.3) is 0 Å². The third-order valence-corrected chi connectivity index (χ3v) is 13.7. The zero-order valence-electron chi connectivity index (χ0n) is 55.1. The van der Waals surface area contributed by atoms with Gasteiger partial charge < -0.3 is 9.47 Å². The van der Waals surface area contributed by atoms with E-state index in [-0.39, 0.29) is 51.6 Å². The molecule has 1 aromatic heterocycles. The summed E-state index contributed by atoms with van der Waals surface area (Å²) in [6, 6.07) is 29.9. The molecule has 28 heteroatoms. The van der Waals surface area contributed by atoms with E-state index in [9.17, 15) is 92.2 Å². The smallest absolute Gasteiger partial charge is 0.406 e. The summed E-state index contributed by atoms with van der Waals surface area (Å²) in [5, 5.41) is 10.2. The van der Waals surface area contributed by atoms with Crippen molar-refractivity contribution >= 4 is 34.8 Å². The van der Waals surface area contributed by atoms with E-state index >= 15 is 0 Å². The van der Waals surface area contributed by atoms with Crippen molar-refractivity contribution in [3.63, 3.8) is 0 Å². The molecule has 0 aliphatic heterocycles. The molecule has 7 aromatic rings.